The van der Waals surface area contributed by atoms with Crippen molar-refractivity contribution in [1.29, 1.82) is 0 Å². The lowest BCUT2D eigenvalue weighted by Gasteiger charge is -2.29. The Bertz CT molecular complexity index is 440. The number of ether oxygens (including phenoxy) is 1. The molecule has 20 heavy (non-hydrogen) atoms. The van der Waals surface area contributed by atoms with E-state index in [9.17, 15) is 4.79 Å². The lowest BCUT2D eigenvalue weighted by atomic mass is 10.0. The van der Waals surface area contributed by atoms with E-state index in [1.807, 2.05) is 19.1 Å². The van der Waals surface area contributed by atoms with Crippen LogP contribution in [0.5, 0.6) is 0 Å². The molecule has 110 valence electrons. The van der Waals surface area contributed by atoms with Gasteiger partial charge in [0, 0.05) is 19.6 Å². The monoisotopic (exact) mass is 276 g/mol. The summed E-state index contributed by atoms with van der Waals surface area (Å²) in [6.45, 7) is 8.06. The molecule has 4 nitrogen and oxygen atoms in total. The van der Waals surface area contributed by atoms with Crippen LogP contribution in [0.2, 0.25) is 0 Å². The molecule has 1 unspecified atom stereocenters. The van der Waals surface area contributed by atoms with E-state index < -0.39 is 0 Å². The van der Waals surface area contributed by atoms with E-state index in [0.29, 0.717) is 6.61 Å². The van der Waals surface area contributed by atoms with Crippen LogP contribution in [-0.4, -0.2) is 43.7 Å². The van der Waals surface area contributed by atoms with Crippen molar-refractivity contribution in [3.05, 3.63) is 35.4 Å². The van der Waals surface area contributed by atoms with Gasteiger partial charge in [-0.05, 0) is 32.4 Å². The average molecular weight is 276 g/mol. The van der Waals surface area contributed by atoms with Crippen molar-refractivity contribution in [2.45, 2.75) is 26.3 Å². The number of nitrogens with one attached hydrogen (secondary N) is 1. The summed E-state index contributed by atoms with van der Waals surface area (Å²) in [7, 11) is 0. The van der Waals surface area contributed by atoms with Gasteiger partial charge in [0.1, 0.15) is 6.04 Å². The number of carbonyl (C=O) groups excluding carboxylic acids is 1. The molecule has 0 radical (unpaired) electrons. The van der Waals surface area contributed by atoms with Gasteiger partial charge >= 0.3 is 5.97 Å². The van der Waals surface area contributed by atoms with Gasteiger partial charge in [-0.15, -0.1) is 0 Å². The highest BCUT2D eigenvalue weighted by molar-refractivity contribution is 5.77. The number of benzene rings is 1. The van der Waals surface area contributed by atoms with Crippen LogP contribution in [0.4, 0.5) is 0 Å². The molecular formula is C16H24N2O2. The topological polar surface area (TPSA) is 41.6 Å². The summed E-state index contributed by atoms with van der Waals surface area (Å²) in [6.07, 6.45) is 1.06. The standard InChI is InChI=1S/C16H24N2O2/c1-3-20-16(19)15(14-7-4-6-13(2)12-14)18-10-5-8-17-9-11-18/h4,6-7,12,15,17H,3,5,8-11H2,1-2H3. The molecule has 1 N–H and O–H groups in total. The highest BCUT2D eigenvalue weighted by atomic mass is 16.5. The second-order valence-corrected chi connectivity index (χ2v) is 5.21. The zero-order valence-corrected chi connectivity index (χ0v) is 12.4. The first-order chi connectivity index (χ1) is 9.72. The zero-order valence-electron chi connectivity index (χ0n) is 12.4. The molecule has 0 spiro atoms. The van der Waals surface area contributed by atoms with E-state index in [1.165, 1.54) is 5.56 Å². The second kappa shape index (κ2) is 7.41. The van der Waals surface area contributed by atoms with Crippen LogP contribution < -0.4 is 5.32 Å². The van der Waals surface area contributed by atoms with Crippen LogP contribution in [0.3, 0.4) is 0 Å². The Balaban J connectivity index is 2.25. The smallest absolute Gasteiger partial charge is 0.328 e. The van der Waals surface area contributed by atoms with Gasteiger partial charge in [-0.2, -0.15) is 0 Å². The largest absolute Gasteiger partial charge is 0.465 e. The molecule has 1 aliphatic rings. The van der Waals surface area contributed by atoms with Crippen LogP contribution in [0.25, 0.3) is 0 Å². The minimum atomic E-state index is -0.283. The number of aryl methyl sites for hydroxylation is 1. The fraction of sp³-hybridized carbons (Fsp3) is 0.562. The maximum atomic E-state index is 12.4. The number of carbonyl (C=O) groups is 1. The maximum absolute atomic E-state index is 12.4. The fourth-order valence-corrected chi connectivity index (χ4v) is 2.68. The van der Waals surface area contributed by atoms with Crippen molar-refractivity contribution in [3.63, 3.8) is 0 Å². The van der Waals surface area contributed by atoms with Crippen molar-refractivity contribution in [2.75, 3.05) is 32.8 Å². The van der Waals surface area contributed by atoms with E-state index in [0.717, 1.165) is 38.2 Å². The van der Waals surface area contributed by atoms with Crippen molar-refractivity contribution < 1.29 is 9.53 Å². The lowest BCUT2D eigenvalue weighted by Crippen LogP contribution is -2.37. The molecule has 1 aromatic rings. The first-order valence-corrected chi connectivity index (χ1v) is 7.40. The quantitative estimate of drug-likeness (QED) is 0.853. The molecule has 1 atom stereocenters. The molecule has 2 rings (SSSR count). The van der Waals surface area contributed by atoms with Gasteiger partial charge in [-0.3, -0.25) is 4.90 Å². The zero-order chi connectivity index (χ0) is 14.4. The summed E-state index contributed by atoms with van der Waals surface area (Å²) in [5, 5.41) is 3.37. The van der Waals surface area contributed by atoms with Gasteiger partial charge in [0.25, 0.3) is 0 Å². The second-order valence-electron chi connectivity index (χ2n) is 5.21. The Morgan fingerprint density at radius 2 is 2.25 bits per heavy atom. The molecule has 0 saturated carbocycles. The van der Waals surface area contributed by atoms with E-state index in [4.69, 9.17) is 4.74 Å². The van der Waals surface area contributed by atoms with Crippen molar-refractivity contribution in [3.8, 4) is 0 Å². The van der Waals surface area contributed by atoms with E-state index in [1.54, 1.807) is 0 Å². The van der Waals surface area contributed by atoms with Gasteiger partial charge in [-0.25, -0.2) is 4.79 Å². The van der Waals surface area contributed by atoms with Gasteiger partial charge < -0.3 is 10.1 Å². The number of rotatable bonds is 4. The predicted octanol–water partition coefficient (Wildman–Crippen LogP) is 1.89. The summed E-state index contributed by atoms with van der Waals surface area (Å²) >= 11 is 0. The molecule has 1 aromatic carbocycles. The molecule has 0 aliphatic carbocycles. The van der Waals surface area contributed by atoms with Gasteiger partial charge in [0.2, 0.25) is 0 Å². The van der Waals surface area contributed by atoms with Crippen LogP contribution >= 0.6 is 0 Å². The first kappa shape index (κ1) is 15.0. The van der Waals surface area contributed by atoms with E-state index >= 15 is 0 Å². The molecule has 4 heteroatoms. The number of hydrogen-bond acceptors (Lipinski definition) is 4. The normalized spacial score (nSPS) is 18.3. The summed E-state index contributed by atoms with van der Waals surface area (Å²) in [6, 6.07) is 7.88. The fourth-order valence-electron chi connectivity index (χ4n) is 2.68. The van der Waals surface area contributed by atoms with Crippen molar-refractivity contribution in [1.82, 2.24) is 10.2 Å². The Kier molecular flexibility index (Phi) is 5.56. The minimum Gasteiger partial charge on any atom is -0.465 e. The SMILES string of the molecule is CCOC(=O)C(c1cccc(C)c1)N1CCCNCC1. The van der Waals surface area contributed by atoms with E-state index in [2.05, 4.69) is 29.3 Å². The molecule has 1 aliphatic heterocycles. The van der Waals surface area contributed by atoms with Crippen molar-refractivity contribution in [2.24, 2.45) is 0 Å². The van der Waals surface area contributed by atoms with Crippen LogP contribution in [-0.2, 0) is 9.53 Å². The first-order valence-electron chi connectivity index (χ1n) is 7.40. The molecule has 1 heterocycles. The van der Waals surface area contributed by atoms with Crippen molar-refractivity contribution >= 4 is 5.97 Å². The van der Waals surface area contributed by atoms with Gasteiger partial charge in [-0.1, -0.05) is 29.8 Å². The summed E-state index contributed by atoms with van der Waals surface area (Å²) in [4.78, 5) is 14.6. The third kappa shape index (κ3) is 3.81. The Hall–Kier alpha value is -1.39. The Morgan fingerprint density at radius 1 is 1.40 bits per heavy atom. The summed E-state index contributed by atoms with van der Waals surface area (Å²) in [5.41, 5.74) is 2.20. The van der Waals surface area contributed by atoms with Crippen LogP contribution in [0, 0.1) is 6.92 Å². The van der Waals surface area contributed by atoms with Crippen LogP contribution in [0.1, 0.15) is 30.5 Å². The highest BCUT2D eigenvalue weighted by Gasteiger charge is 2.29. The minimum absolute atomic E-state index is 0.139. The Morgan fingerprint density at radius 3 is 3.00 bits per heavy atom. The van der Waals surface area contributed by atoms with Crippen LogP contribution in [0.15, 0.2) is 24.3 Å². The van der Waals surface area contributed by atoms with E-state index in [-0.39, 0.29) is 12.0 Å². The number of nitrogens with zero attached hydrogens (tertiary/aromatic N) is 1. The highest BCUT2D eigenvalue weighted by Crippen LogP contribution is 2.24. The van der Waals surface area contributed by atoms with Gasteiger partial charge in [0.05, 0.1) is 6.61 Å². The molecular weight excluding hydrogens is 252 g/mol. The summed E-state index contributed by atoms with van der Waals surface area (Å²) in [5.74, 6) is -0.139. The predicted molar refractivity (Wildman–Crippen MR) is 79.6 cm³/mol. The Labute approximate surface area is 121 Å². The lowest BCUT2D eigenvalue weighted by molar-refractivity contribution is -0.149. The molecule has 1 fully saturated rings. The average Bonchev–Trinajstić information content (AvgIpc) is 2.68. The summed E-state index contributed by atoms with van der Waals surface area (Å²) < 4.78 is 5.29. The molecule has 0 amide bonds. The molecule has 0 aromatic heterocycles. The molecule has 1 saturated heterocycles. The third-order valence-electron chi connectivity index (χ3n) is 3.61. The number of esters is 1. The number of hydrogen-bond donors (Lipinski definition) is 1. The molecule has 0 bridgehead atoms. The maximum Gasteiger partial charge on any atom is 0.328 e. The van der Waals surface area contributed by atoms with Gasteiger partial charge in [0.15, 0.2) is 0 Å². The third-order valence-corrected chi connectivity index (χ3v) is 3.61.